The highest BCUT2D eigenvalue weighted by atomic mass is 16.3. The lowest BCUT2D eigenvalue weighted by Crippen LogP contribution is -2.17. The molecule has 0 fully saturated rings. The second kappa shape index (κ2) is 5.08. The van der Waals surface area contributed by atoms with Crippen molar-refractivity contribution in [3.8, 4) is 23.0 Å². The van der Waals surface area contributed by atoms with Crippen LogP contribution in [-0.2, 0) is 6.42 Å². The van der Waals surface area contributed by atoms with Crippen molar-refractivity contribution in [2.75, 3.05) is 5.32 Å². The van der Waals surface area contributed by atoms with Crippen LogP contribution in [0.3, 0.4) is 0 Å². The maximum absolute atomic E-state index is 9.79. The molecule has 2 N–H and O–H groups in total. The van der Waals surface area contributed by atoms with Gasteiger partial charge in [-0.3, -0.25) is 4.57 Å². The summed E-state index contributed by atoms with van der Waals surface area (Å²) in [5, 5.41) is 21.9. The summed E-state index contributed by atoms with van der Waals surface area (Å²) in [4.78, 5) is 4.57. The van der Waals surface area contributed by atoms with E-state index in [9.17, 15) is 5.11 Å². The Morgan fingerprint density at radius 3 is 2.91 bits per heavy atom. The Morgan fingerprint density at radius 2 is 2.09 bits per heavy atom. The van der Waals surface area contributed by atoms with Gasteiger partial charge in [0.05, 0.1) is 11.4 Å². The number of aryl methyl sites for hydroxylation is 1. The zero-order valence-electron chi connectivity index (χ0n) is 13.0. The lowest BCUT2D eigenvalue weighted by molar-refractivity contribution is 0.475. The van der Waals surface area contributed by atoms with Crippen LogP contribution in [-0.4, -0.2) is 30.9 Å². The van der Waals surface area contributed by atoms with Gasteiger partial charge < -0.3 is 10.4 Å². The lowest BCUT2D eigenvalue weighted by atomic mass is 10.2. The highest BCUT2D eigenvalue weighted by Crippen LogP contribution is 2.33. The van der Waals surface area contributed by atoms with E-state index in [-0.39, 0.29) is 11.8 Å². The van der Waals surface area contributed by atoms with E-state index in [1.807, 2.05) is 35.8 Å². The largest absolute Gasteiger partial charge is 0.508 e. The van der Waals surface area contributed by atoms with Gasteiger partial charge in [-0.25, -0.2) is 4.98 Å². The number of phenolic OH excluding ortho intramolecular Hbond substituents is 1. The van der Waals surface area contributed by atoms with Gasteiger partial charge in [0, 0.05) is 24.2 Å². The monoisotopic (exact) mass is 307 g/mol. The van der Waals surface area contributed by atoms with E-state index in [0.29, 0.717) is 5.82 Å². The maximum Gasteiger partial charge on any atom is 0.187 e. The molecule has 0 bridgehead atoms. The van der Waals surface area contributed by atoms with Crippen molar-refractivity contribution in [2.24, 2.45) is 0 Å². The van der Waals surface area contributed by atoms with Crippen LogP contribution in [0.15, 0.2) is 36.4 Å². The van der Waals surface area contributed by atoms with Crippen LogP contribution in [0.1, 0.15) is 18.4 Å². The topological polar surface area (TPSA) is 75.9 Å². The first-order valence-corrected chi connectivity index (χ1v) is 7.60. The summed E-state index contributed by atoms with van der Waals surface area (Å²) in [6.07, 6.45) is 0.744. The summed E-state index contributed by atoms with van der Waals surface area (Å²) in [6, 6.07) is 11.3. The fourth-order valence-corrected chi connectivity index (χ4v) is 2.96. The molecule has 1 aliphatic rings. The molecular weight excluding hydrogens is 290 g/mol. The number of benzene rings is 1. The minimum absolute atomic E-state index is 0.194. The molecule has 3 heterocycles. The minimum Gasteiger partial charge on any atom is -0.508 e. The van der Waals surface area contributed by atoms with Crippen molar-refractivity contribution in [3.05, 3.63) is 47.9 Å². The number of aromatic nitrogens is 4. The van der Waals surface area contributed by atoms with Crippen molar-refractivity contribution >= 4 is 5.69 Å². The first-order chi connectivity index (χ1) is 11.1. The number of nitrogens with zero attached hydrogens (tertiary/aromatic N) is 4. The molecule has 1 unspecified atom stereocenters. The zero-order chi connectivity index (χ0) is 16.0. The molecule has 4 rings (SSSR count). The van der Waals surface area contributed by atoms with Crippen molar-refractivity contribution < 1.29 is 5.11 Å². The van der Waals surface area contributed by atoms with Gasteiger partial charge in [-0.05, 0) is 38.1 Å². The maximum atomic E-state index is 9.79. The van der Waals surface area contributed by atoms with E-state index in [4.69, 9.17) is 0 Å². The SMILES string of the molecule is Cc1cccc(-c2nnc3n2-c2ccc(O)cc2NC(C)C3)n1. The fraction of sp³-hybridized carbons (Fsp3) is 0.235. The van der Waals surface area contributed by atoms with Crippen LogP contribution < -0.4 is 5.32 Å². The van der Waals surface area contributed by atoms with Crippen molar-refractivity contribution in [1.82, 2.24) is 19.7 Å². The zero-order valence-corrected chi connectivity index (χ0v) is 13.0. The standard InChI is InChI=1S/C17H17N5O/c1-10-4-3-5-13(18-10)17-21-20-16-8-11(2)19-14-9-12(23)6-7-15(14)22(16)17/h3-7,9,11,19,23H,8H2,1-2H3. The predicted octanol–water partition coefficient (Wildman–Crippen LogP) is 2.70. The number of phenols is 1. The van der Waals surface area contributed by atoms with Crippen molar-refractivity contribution in [2.45, 2.75) is 26.3 Å². The van der Waals surface area contributed by atoms with Crippen LogP contribution in [0.5, 0.6) is 5.75 Å². The molecule has 6 heteroatoms. The van der Waals surface area contributed by atoms with Crippen molar-refractivity contribution in [3.63, 3.8) is 0 Å². The number of rotatable bonds is 1. The molecule has 0 radical (unpaired) electrons. The van der Waals surface area contributed by atoms with Gasteiger partial charge in [0.15, 0.2) is 5.82 Å². The molecule has 23 heavy (non-hydrogen) atoms. The Hall–Kier alpha value is -2.89. The molecule has 0 saturated carbocycles. The third kappa shape index (κ3) is 2.32. The molecule has 1 aliphatic heterocycles. The smallest absolute Gasteiger partial charge is 0.187 e. The number of anilines is 1. The third-order valence-corrected chi connectivity index (χ3v) is 3.96. The van der Waals surface area contributed by atoms with Gasteiger partial charge >= 0.3 is 0 Å². The van der Waals surface area contributed by atoms with E-state index in [1.165, 1.54) is 0 Å². The Balaban J connectivity index is 1.97. The molecule has 1 atom stereocenters. The normalized spacial score (nSPS) is 16.2. The lowest BCUT2D eigenvalue weighted by Gasteiger charge is -2.14. The summed E-state index contributed by atoms with van der Waals surface area (Å²) < 4.78 is 2.02. The van der Waals surface area contributed by atoms with Gasteiger partial charge in [0.25, 0.3) is 0 Å². The van der Waals surface area contributed by atoms with E-state index in [0.717, 1.165) is 35.0 Å². The molecule has 1 aromatic carbocycles. The van der Waals surface area contributed by atoms with Crippen LogP contribution in [0.2, 0.25) is 0 Å². The van der Waals surface area contributed by atoms with Gasteiger partial charge in [-0.15, -0.1) is 10.2 Å². The molecular formula is C17H17N5O. The Morgan fingerprint density at radius 1 is 1.22 bits per heavy atom. The number of fused-ring (bicyclic) bond motifs is 3. The van der Waals surface area contributed by atoms with E-state index in [1.54, 1.807) is 12.1 Å². The molecule has 2 aromatic heterocycles. The quantitative estimate of drug-likeness (QED) is 0.723. The number of hydrogen-bond donors (Lipinski definition) is 2. The molecule has 0 amide bonds. The first kappa shape index (κ1) is 13.8. The molecule has 0 saturated heterocycles. The van der Waals surface area contributed by atoms with Crippen LogP contribution in [0.25, 0.3) is 17.2 Å². The molecule has 0 spiro atoms. The average Bonchev–Trinajstić information content (AvgIpc) is 2.85. The average molecular weight is 307 g/mol. The fourth-order valence-electron chi connectivity index (χ4n) is 2.96. The van der Waals surface area contributed by atoms with E-state index < -0.39 is 0 Å². The van der Waals surface area contributed by atoms with Crippen LogP contribution in [0.4, 0.5) is 5.69 Å². The van der Waals surface area contributed by atoms with Gasteiger partial charge in [0.1, 0.15) is 17.3 Å². The molecule has 0 aliphatic carbocycles. The highest BCUT2D eigenvalue weighted by Gasteiger charge is 2.24. The Labute approximate surface area is 133 Å². The molecule has 6 nitrogen and oxygen atoms in total. The third-order valence-electron chi connectivity index (χ3n) is 3.96. The highest BCUT2D eigenvalue weighted by molar-refractivity contribution is 5.68. The number of aromatic hydroxyl groups is 1. The van der Waals surface area contributed by atoms with Crippen molar-refractivity contribution in [1.29, 1.82) is 0 Å². The second-order valence-corrected chi connectivity index (χ2v) is 5.89. The van der Waals surface area contributed by atoms with Gasteiger partial charge in [-0.1, -0.05) is 6.07 Å². The number of pyridine rings is 1. The van der Waals surface area contributed by atoms with Gasteiger partial charge in [-0.2, -0.15) is 0 Å². The number of hydrogen-bond acceptors (Lipinski definition) is 5. The second-order valence-electron chi connectivity index (χ2n) is 5.89. The van der Waals surface area contributed by atoms with Crippen LogP contribution >= 0.6 is 0 Å². The molecule has 116 valence electrons. The summed E-state index contributed by atoms with van der Waals surface area (Å²) in [6.45, 7) is 4.04. The Kier molecular flexibility index (Phi) is 3.04. The summed E-state index contributed by atoms with van der Waals surface area (Å²) in [5.41, 5.74) is 3.51. The van der Waals surface area contributed by atoms with E-state index in [2.05, 4.69) is 27.4 Å². The van der Waals surface area contributed by atoms with Crippen LogP contribution in [0, 0.1) is 6.92 Å². The van der Waals surface area contributed by atoms with Gasteiger partial charge in [0.2, 0.25) is 0 Å². The molecule has 3 aromatic rings. The summed E-state index contributed by atoms with van der Waals surface area (Å²) in [7, 11) is 0. The first-order valence-electron chi connectivity index (χ1n) is 7.60. The minimum atomic E-state index is 0.194. The number of nitrogens with one attached hydrogen (secondary N) is 1. The van der Waals surface area contributed by atoms with E-state index >= 15 is 0 Å². The predicted molar refractivity (Wildman–Crippen MR) is 87.8 cm³/mol. The Bertz CT molecular complexity index is 886. The summed E-state index contributed by atoms with van der Waals surface area (Å²) in [5.74, 6) is 1.83. The summed E-state index contributed by atoms with van der Waals surface area (Å²) >= 11 is 0.